The van der Waals surface area contributed by atoms with Gasteiger partial charge in [-0.25, -0.2) is 4.79 Å². The Labute approximate surface area is 156 Å². The minimum Gasteiger partial charge on any atom is -0.466 e. The first kappa shape index (κ1) is 22.1. The van der Waals surface area contributed by atoms with E-state index < -0.39 is 5.60 Å². The second kappa shape index (κ2) is 10.9. The van der Waals surface area contributed by atoms with Crippen molar-refractivity contribution in [2.45, 2.75) is 65.5 Å². The van der Waals surface area contributed by atoms with Crippen LogP contribution in [0, 0.1) is 0 Å². The number of rotatable bonds is 7. The first-order valence-corrected chi connectivity index (χ1v) is 9.43. The largest absolute Gasteiger partial charge is 0.466 e. The summed E-state index contributed by atoms with van der Waals surface area (Å²) in [4.78, 5) is 30.0. The van der Waals surface area contributed by atoms with E-state index in [0.717, 1.165) is 25.5 Å². The number of nitrogens with one attached hydrogen (secondary N) is 2. The van der Waals surface area contributed by atoms with Crippen molar-refractivity contribution in [3.63, 3.8) is 0 Å². The van der Waals surface area contributed by atoms with Gasteiger partial charge in [0, 0.05) is 32.6 Å². The van der Waals surface area contributed by atoms with Gasteiger partial charge in [-0.2, -0.15) is 0 Å². The Bertz CT molecular complexity index is 488. The third kappa shape index (κ3) is 8.92. The Hall–Kier alpha value is -1.99. The molecule has 0 aromatic rings. The van der Waals surface area contributed by atoms with Crippen LogP contribution in [0.4, 0.5) is 4.79 Å². The maximum atomic E-state index is 11.9. The predicted molar refractivity (Wildman–Crippen MR) is 101 cm³/mol. The zero-order valence-electron chi connectivity index (χ0n) is 16.8. The Morgan fingerprint density at radius 3 is 2.62 bits per heavy atom. The number of amides is 1. The Morgan fingerprint density at radius 1 is 1.27 bits per heavy atom. The molecule has 0 aromatic carbocycles. The van der Waals surface area contributed by atoms with Gasteiger partial charge in [-0.3, -0.25) is 9.79 Å². The molecule has 0 radical (unpaired) electrons. The van der Waals surface area contributed by atoms with Crippen molar-refractivity contribution < 1.29 is 19.1 Å². The number of hydrogen-bond donors (Lipinski definition) is 2. The highest BCUT2D eigenvalue weighted by Gasteiger charge is 2.27. The molecule has 26 heavy (non-hydrogen) atoms. The third-order valence-corrected chi connectivity index (χ3v) is 3.65. The summed E-state index contributed by atoms with van der Waals surface area (Å²) in [5.74, 6) is 0.625. The van der Waals surface area contributed by atoms with Gasteiger partial charge in [0.1, 0.15) is 5.60 Å². The number of alkyl carbamates (subject to hydrolysis) is 1. The fraction of sp³-hybridized carbons (Fsp3) is 0.833. The highest BCUT2D eigenvalue weighted by Crippen LogP contribution is 2.12. The SMILES string of the molecule is CCNC(=NCCCC(=O)OCC)N1CCC(NC(=O)OC(C)(C)C)C1. The molecular formula is C18H34N4O4. The molecule has 8 nitrogen and oxygen atoms in total. The van der Waals surface area contributed by atoms with Crippen molar-refractivity contribution in [2.24, 2.45) is 4.99 Å². The van der Waals surface area contributed by atoms with Crippen molar-refractivity contribution in [1.29, 1.82) is 0 Å². The number of hydrogen-bond acceptors (Lipinski definition) is 5. The van der Waals surface area contributed by atoms with Gasteiger partial charge in [-0.15, -0.1) is 0 Å². The number of guanidine groups is 1. The highest BCUT2D eigenvalue weighted by molar-refractivity contribution is 5.80. The summed E-state index contributed by atoms with van der Waals surface area (Å²) >= 11 is 0. The van der Waals surface area contributed by atoms with E-state index in [1.165, 1.54) is 0 Å². The molecule has 1 rings (SSSR count). The van der Waals surface area contributed by atoms with Crippen LogP contribution in [0.2, 0.25) is 0 Å². The summed E-state index contributed by atoms with van der Waals surface area (Å²) in [6.45, 7) is 12.6. The first-order valence-electron chi connectivity index (χ1n) is 9.43. The fourth-order valence-corrected chi connectivity index (χ4v) is 2.61. The molecule has 8 heteroatoms. The molecule has 0 aromatic heterocycles. The molecule has 1 unspecified atom stereocenters. The average Bonchev–Trinajstić information content (AvgIpc) is 2.97. The van der Waals surface area contributed by atoms with E-state index in [9.17, 15) is 9.59 Å². The summed E-state index contributed by atoms with van der Waals surface area (Å²) < 4.78 is 10.2. The van der Waals surface area contributed by atoms with Crippen molar-refractivity contribution in [3.8, 4) is 0 Å². The minimum atomic E-state index is -0.502. The quantitative estimate of drug-likeness (QED) is 0.308. The van der Waals surface area contributed by atoms with E-state index in [4.69, 9.17) is 9.47 Å². The molecule has 0 spiro atoms. The van der Waals surface area contributed by atoms with Gasteiger partial charge < -0.3 is 25.0 Å². The molecule has 2 N–H and O–H groups in total. The second-order valence-corrected chi connectivity index (χ2v) is 7.22. The van der Waals surface area contributed by atoms with Gasteiger partial charge in [-0.05, 0) is 47.5 Å². The van der Waals surface area contributed by atoms with Crippen LogP contribution in [0.3, 0.4) is 0 Å². The molecule has 1 aliphatic heterocycles. The van der Waals surface area contributed by atoms with Crippen LogP contribution in [0.5, 0.6) is 0 Å². The molecular weight excluding hydrogens is 336 g/mol. The van der Waals surface area contributed by atoms with E-state index >= 15 is 0 Å². The summed E-state index contributed by atoms with van der Waals surface area (Å²) in [5, 5.41) is 6.18. The van der Waals surface area contributed by atoms with Gasteiger partial charge in [0.15, 0.2) is 5.96 Å². The first-order chi connectivity index (χ1) is 12.2. The maximum Gasteiger partial charge on any atom is 0.407 e. The lowest BCUT2D eigenvalue weighted by molar-refractivity contribution is -0.143. The average molecular weight is 370 g/mol. The topological polar surface area (TPSA) is 92.3 Å². The molecule has 0 aliphatic carbocycles. The molecule has 0 saturated carbocycles. The van der Waals surface area contributed by atoms with Gasteiger partial charge in [0.05, 0.1) is 12.6 Å². The third-order valence-electron chi connectivity index (χ3n) is 3.65. The zero-order valence-corrected chi connectivity index (χ0v) is 16.8. The minimum absolute atomic E-state index is 0.0354. The summed E-state index contributed by atoms with van der Waals surface area (Å²) in [7, 11) is 0. The van der Waals surface area contributed by atoms with Crippen LogP contribution in [0.15, 0.2) is 4.99 Å². The molecule has 1 atom stereocenters. The van der Waals surface area contributed by atoms with Gasteiger partial charge in [0.25, 0.3) is 0 Å². The smallest absolute Gasteiger partial charge is 0.407 e. The summed E-state index contributed by atoms with van der Waals surface area (Å²) in [6.07, 6.45) is 1.48. The number of carbonyl (C=O) groups excluding carboxylic acids is 2. The van der Waals surface area contributed by atoms with Crippen molar-refractivity contribution in [3.05, 3.63) is 0 Å². The zero-order chi connectivity index (χ0) is 19.6. The number of aliphatic imine (C=N–C) groups is 1. The van der Waals surface area contributed by atoms with Crippen LogP contribution >= 0.6 is 0 Å². The Balaban J connectivity index is 2.46. The molecule has 1 heterocycles. The summed E-state index contributed by atoms with van der Waals surface area (Å²) in [5.41, 5.74) is -0.502. The van der Waals surface area contributed by atoms with Gasteiger partial charge in [-0.1, -0.05) is 0 Å². The van der Waals surface area contributed by atoms with Crippen LogP contribution in [-0.2, 0) is 14.3 Å². The number of ether oxygens (including phenoxy) is 2. The van der Waals surface area contributed by atoms with Crippen LogP contribution in [0.25, 0.3) is 0 Å². The Morgan fingerprint density at radius 2 is 2.00 bits per heavy atom. The standard InChI is InChI=1S/C18H34N4O4/c1-6-19-16(20-11-8-9-15(23)25-7-2)22-12-10-14(13-22)21-17(24)26-18(3,4)5/h14H,6-13H2,1-5H3,(H,19,20)(H,21,24). The molecule has 0 bridgehead atoms. The van der Waals surface area contributed by atoms with Crippen LogP contribution < -0.4 is 10.6 Å². The van der Waals surface area contributed by atoms with Crippen molar-refractivity contribution in [2.75, 3.05) is 32.8 Å². The lowest BCUT2D eigenvalue weighted by Crippen LogP contribution is -2.44. The fourth-order valence-electron chi connectivity index (χ4n) is 2.61. The van der Waals surface area contributed by atoms with Crippen LogP contribution in [0.1, 0.15) is 53.9 Å². The normalized spacial score (nSPS) is 17.8. The lowest BCUT2D eigenvalue weighted by atomic mass is 10.2. The van der Waals surface area contributed by atoms with Gasteiger partial charge >= 0.3 is 12.1 Å². The molecule has 1 aliphatic rings. The predicted octanol–water partition coefficient (Wildman–Crippen LogP) is 1.89. The van der Waals surface area contributed by atoms with Crippen molar-refractivity contribution in [1.82, 2.24) is 15.5 Å². The van der Waals surface area contributed by atoms with Gasteiger partial charge in [0.2, 0.25) is 0 Å². The van der Waals surface area contributed by atoms with E-state index in [0.29, 0.717) is 32.5 Å². The molecule has 1 fully saturated rings. The lowest BCUT2D eigenvalue weighted by Gasteiger charge is -2.23. The molecule has 1 saturated heterocycles. The van der Waals surface area contributed by atoms with Crippen LogP contribution in [-0.4, -0.2) is 67.4 Å². The van der Waals surface area contributed by atoms with Crippen molar-refractivity contribution >= 4 is 18.0 Å². The number of likely N-dealkylation sites (tertiary alicyclic amines) is 1. The second-order valence-electron chi connectivity index (χ2n) is 7.22. The van der Waals surface area contributed by atoms with E-state index in [-0.39, 0.29) is 18.1 Å². The number of nitrogens with zero attached hydrogens (tertiary/aromatic N) is 2. The van der Waals surface area contributed by atoms with E-state index in [2.05, 4.69) is 20.5 Å². The highest BCUT2D eigenvalue weighted by atomic mass is 16.6. The molecule has 150 valence electrons. The molecule has 1 amide bonds. The Kier molecular flexibility index (Phi) is 9.23. The maximum absolute atomic E-state index is 11.9. The number of carbonyl (C=O) groups is 2. The van der Waals surface area contributed by atoms with E-state index in [1.807, 2.05) is 27.7 Å². The van der Waals surface area contributed by atoms with E-state index in [1.54, 1.807) is 6.92 Å². The monoisotopic (exact) mass is 370 g/mol. The number of esters is 1. The summed E-state index contributed by atoms with van der Waals surface area (Å²) in [6, 6.07) is 0.0354.